The Kier molecular flexibility index (Phi) is 6.15. The van der Waals surface area contributed by atoms with Gasteiger partial charge in [-0.1, -0.05) is 18.6 Å². The van der Waals surface area contributed by atoms with Gasteiger partial charge < -0.3 is 19.5 Å². The van der Waals surface area contributed by atoms with E-state index >= 15 is 0 Å². The molecule has 2 aromatic carbocycles. The molecular formula is C24H27NO4. The second-order valence-electron chi connectivity index (χ2n) is 7.64. The molecule has 2 aromatic rings. The number of Topliss-reactive ketones (excluding diaryl/α,β-unsaturated/α-hetero) is 1. The van der Waals surface area contributed by atoms with E-state index in [1.807, 2.05) is 30.3 Å². The van der Waals surface area contributed by atoms with Crippen LogP contribution in [0, 0.1) is 0 Å². The number of benzene rings is 2. The number of nitrogens with zero attached hydrogens (tertiary/aromatic N) is 1. The van der Waals surface area contributed by atoms with Gasteiger partial charge in [-0.2, -0.15) is 0 Å². The quantitative estimate of drug-likeness (QED) is 0.586. The van der Waals surface area contributed by atoms with Crippen LogP contribution in [-0.2, 0) is 0 Å². The van der Waals surface area contributed by atoms with Crippen LogP contribution in [0.2, 0.25) is 0 Å². The highest BCUT2D eigenvalue weighted by Gasteiger charge is 2.23. The van der Waals surface area contributed by atoms with Gasteiger partial charge in [-0.15, -0.1) is 0 Å². The maximum atomic E-state index is 12.6. The lowest BCUT2D eigenvalue weighted by Crippen LogP contribution is -2.31. The zero-order valence-electron chi connectivity index (χ0n) is 16.6. The maximum Gasteiger partial charge on any atom is 0.196 e. The van der Waals surface area contributed by atoms with Crippen molar-refractivity contribution < 1.29 is 19.4 Å². The third kappa shape index (κ3) is 4.98. The lowest BCUT2D eigenvalue weighted by Gasteiger charge is -2.26. The van der Waals surface area contributed by atoms with Crippen LogP contribution in [0.15, 0.2) is 48.0 Å². The predicted octanol–water partition coefficient (Wildman–Crippen LogP) is 4.31. The van der Waals surface area contributed by atoms with Crippen molar-refractivity contribution in [1.29, 1.82) is 0 Å². The zero-order chi connectivity index (χ0) is 20.1. The molecule has 0 saturated carbocycles. The van der Waals surface area contributed by atoms with Gasteiger partial charge in [0.25, 0.3) is 0 Å². The van der Waals surface area contributed by atoms with E-state index in [4.69, 9.17) is 9.47 Å². The minimum atomic E-state index is -0.0655. The highest BCUT2D eigenvalue weighted by atomic mass is 16.5. The summed E-state index contributed by atoms with van der Waals surface area (Å²) in [5.74, 6) is 1.30. The average Bonchev–Trinajstić information content (AvgIpc) is 2.75. The molecule has 29 heavy (non-hydrogen) atoms. The number of carbonyl (C=O) groups excluding carboxylic acids is 1. The topological polar surface area (TPSA) is 59.0 Å². The Morgan fingerprint density at radius 2 is 1.86 bits per heavy atom. The fourth-order valence-corrected chi connectivity index (χ4v) is 3.84. The molecule has 152 valence electrons. The van der Waals surface area contributed by atoms with Gasteiger partial charge >= 0.3 is 0 Å². The molecule has 5 heteroatoms. The van der Waals surface area contributed by atoms with Crippen molar-refractivity contribution in [2.45, 2.75) is 25.7 Å². The van der Waals surface area contributed by atoms with Crippen molar-refractivity contribution >= 4 is 11.9 Å². The summed E-state index contributed by atoms with van der Waals surface area (Å²) in [4.78, 5) is 15.2. The van der Waals surface area contributed by atoms with E-state index in [1.165, 1.54) is 44.5 Å². The number of carbonyl (C=O) groups is 1. The fourth-order valence-electron chi connectivity index (χ4n) is 3.84. The number of ether oxygens (including phenoxy) is 2. The Balaban J connectivity index is 1.31. The minimum absolute atomic E-state index is 0.0655. The molecule has 0 radical (unpaired) electrons. The van der Waals surface area contributed by atoms with E-state index < -0.39 is 0 Å². The van der Waals surface area contributed by atoms with Gasteiger partial charge in [0, 0.05) is 18.2 Å². The summed E-state index contributed by atoms with van der Waals surface area (Å²) in [6.45, 7) is 4.46. The number of aromatic hydroxyl groups is 1. The Morgan fingerprint density at radius 3 is 2.66 bits per heavy atom. The highest BCUT2D eigenvalue weighted by molar-refractivity contribution is 6.14. The summed E-state index contributed by atoms with van der Waals surface area (Å²) in [5, 5.41) is 9.53. The maximum absolute atomic E-state index is 12.6. The Hall–Kier alpha value is -2.79. The number of ketones is 1. The monoisotopic (exact) mass is 393 g/mol. The van der Waals surface area contributed by atoms with Crippen molar-refractivity contribution in [1.82, 2.24) is 4.90 Å². The number of hydrogen-bond donors (Lipinski definition) is 1. The lowest BCUT2D eigenvalue weighted by molar-refractivity contribution is 0.100. The molecule has 0 bridgehead atoms. The first-order valence-electron chi connectivity index (χ1n) is 10.4. The number of hydrogen-bond acceptors (Lipinski definition) is 5. The van der Waals surface area contributed by atoms with E-state index in [0.29, 0.717) is 23.5 Å². The standard InChI is InChI=1S/C24H27NO4/c26-20-7-10-22-23(16-20)29-17-19(24(22)27)15-18-5-8-21(9-6-18)28-14-4-13-25-11-2-1-3-12-25/h5-10,15-16,26H,1-4,11-14,17H2/b19-15+. The summed E-state index contributed by atoms with van der Waals surface area (Å²) in [7, 11) is 0. The average molecular weight is 393 g/mol. The lowest BCUT2D eigenvalue weighted by atomic mass is 9.98. The smallest absolute Gasteiger partial charge is 0.196 e. The van der Waals surface area contributed by atoms with Crippen LogP contribution in [0.1, 0.15) is 41.6 Å². The van der Waals surface area contributed by atoms with Crippen molar-refractivity contribution in [3.05, 3.63) is 59.2 Å². The number of likely N-dealkylation sites (tertiary alicyclic amines) is 1. The van der Waals surface area contributed by atoms with Gasteiger partial charge in [0.2, 0.25) is 0 Å². The molecule has 2 heterocycles. The number of piperidine rings is 1. The predicted molar refractivity (Wildman–Crippen MR) is 113 cm³/mol. The largest absolute Gasteiger partial charge is 0.508 e. The first-order chi connectivity index (χ1) is 14.2. The Morgan fingerprint density at radius 1 is 1.07 bits per heavy atom. The second kappa shape index (κ2) is 9.14. The van der Waals surface area contributed by atoms with Crippen molar-refractivity contribution in [3.8, 4) is 17.2 Å². The first-order valence-corrected chi connectivity index (χ1v) is 10.4. The van der Waals surface area contributed by atoms with Crippen LogP contribution in [0.4, 0.5) is 0 Å². The molecule has 2 aliphatic rings. The third-order valence-corrected chi connectivity index (χ3v) is 5.44. The molecule has 4 rings (SSSR count). The van der Waals surface area contributed by atoms with Crippen LogP contribution < -0.4 is 9.47 Å². The normalized spacial score (nSPS) is 18.3. The summed E-state index contributed by atoms with van der Waals surface area (Å²) in [5.41, 5.74) is 2.01. The van der Waals surface area contributed by atoms with E-state index in [0.717, 1.165) is 24.3 Å². The van der Waals surface area contributed by atoms with Gasteiger partial charge in [-0.3, -0.25) is 4.79 Å². The molecule has 0 amide bonds. The van der Waals surface area contributed by atoms with E-state index in [2.05, 4.69) is 4.90 Å². The molecule has 1 saturated heterocycles. The first kappa shape index (κ1) is 19.5. The van der Waals surface area contributed by atoms with Crippen LogP contribution >= 0.6 is 0 Å². The van der Waals surface area contributed by atoms with Crippen LogP contribution in [0.5, 0.6) is 17.2 Å². The summed E-state index contributed by atoms with van der Waals surface area (Å²) < 4.78 is 11.5. The second-order valence-corrected chi connectivity index (χ2v) is 7.64. The number of phenolic OH excluding ortho intramolecular Hbond substituents is 1. The third-order valence-electron chi connectivity index (χ3n) is 5.44. The molecule has 5 nitrogen and oxygen atoms in total. The van der Waals surface area contributed by atoms with E-state index in [9.17, 15) is 9.90 Å². The van der Waals surface area contributed by atoms with Crippen molar-refractivity contribution in [2.75, 3.05) is 32.8 Å². The van der Waals surface area contributed by atoms with E-state index in [1.54, 1.807) is 6.07 Å². The summed E-state index contributed by atoms with van der Waals surface area (Å²) in [6.07, 6.45) is 6.88. The van der Waals surface area contributed by atoms with Crippen molar-refractivity contribution in [3.63, 3.8) is 0 Å². The van der Waals surface area contributed by atoms with Gasteiger partial charge in [0.15, 0.2) is 5.78 Å². The molecule has 0 spiro atoms. The Labute approximate surface area is 171 Å². The van der Waals surface area contributed by atoms with Gasteiger partial charge in [0.05, 0.1) is 12.2 Å². The molecule has 2 aliphatic heterocycles. The zero-order valence-corrected chi connectivity index (χ0v) is 16.6. The summed E-state index contributed by atoms with van der Waals surface area (Å²) in [6, 6.07) is 12.3. The number of fused-ring (bicyclic) bond motifs is 1. The molecule has 1 N–H and O–H groups in total. The minimum Gasteiger partial charge on any atom is -0.508 e. The molecule has 1 fully saturated rings. The highest BCUT2D eigenvalue weighted by Crippen LogP contribution is 2.31. The Bertz CT molecular complexity index is 882. The van der Waals surface area contributed by atoms with Crippen LogP contribution in [-0.4, -0.2) is 48.6 Å². The SMILES string of the molecule is O=C1/C(=C/c2ccc(OCCCN3CCCCC3)cc2)COc2cc(O)ccc21. The molecule has 0 atom stereocenters. The molecule has 0 aromatic heterocycles. The van der Waals surface area contributed by atoms with Crippen LogP contribution in [0.25, 0.3) is 6.08 Å². The molecule has 0 aliphatic carbocycles. The van der Waals surface area contributed by atoms with Crippen molar-refractivity contribution in [2.24, 2.45) is 0 Å². The molecule has 0 unspecified atom stereocenters. The number of phenols is 1. The van der Waals surface area contributed by atoms with Gasteiger partial charge in [0.1, 0.15) is 23.9 Å². The fraction of sp³-hybridized carbons (Fsp3) is 0.375. The molecular weight excluding hydrogens is 366 g/mol. The van der Waals surface area contributed by atoms with Gasteiger partial charge in [-0.25, -0.2) is 0 Å². The number of rotatable bonds is 6. The summed E-state index contributed by atoms with van der Waals surface area (Å²) >= 11 is 0. The van der Waals surface area contributed by atoms with Crippen LogP contribution in [0.3, 0.4) is 0 Å². The van der Waals surface area contributed by atoms with E-state index in [-0.39, 0.29) is 18.1 Å². The van der Waals surface area contributed by atoms with Gasteiger partial charge in [-0.05, 0) is 68.3 Å².